The predicted octanol–water partition coefficient (Wildman–Crippen LogP) is 0.693. The Morgan fingerprint density at radius 2 is 2.00 bits per heavy atom. The van der Waals surface area contributed by atoms with Gasteiger partial charge in [0.15, 0.2) is 6.61 Å². The van der Waals surface area contributed by atoms with Crippen LogP contribution < -0.4 is 10.6 Å². The summed E-state index contributed by atoms with van der Waals surface area (Å²) in [5.41, 5.74) is -0.791. The smallest absolute Gasteiger partial charge is 0.339 e. The maximum absolute atomic E-state index is 11.7. The second kappa shape index (κ2) is 8.32. The van der Waals surface area contributed by atoms with Crippen molar-refractivity contribution in [2.75, 3.05) is 13.2 Å². The van der Waals surface area contributed by atoms with Gasteiger partial charge in [0.25, 0.3) is 11.6 Å². The van der Waals surface area contributed by atoms with Crippen LogP contribution in [0.5, 0.6) is 5.75 Å². The minimum absolute atomic E-state index is 0.292. The van der Waals surface area contributed by atoms with E-state index >= 15 is 0 Å². The molecule has 124 valence electrons. The predicted molar refractivity (Wildman–Crippen MR) is 76.9 cm³/mol. The largest absolute Gasteiger partial charge is 0.508 e. The molecule has 10 nitrogen and oxygen atoms in total. The molecular formula is C13H15N3O7. The van der Waals surface area contributed by atoms with Crippen LogP contribution in [0.3, 0.4) is 0 Å². The van der Waals surface area contributed by atoms with Gasteiger partial charge in [-0.3, -0.25) is 20.2 Å². The summed E-state index contributed by atoms with van der Waals surface area (Å²) in [6.07, 6.45) is 0.687. The molecule has 1 rings (SSSR count). The van der Waals surface area contributed by atoms with Crippen LogP contribution in [0.15, 0.2) is 18.2 Å². The number of urea groups is 1. The van der Waals surface area contributed by atoms with Gasteiger partial charge < -0.3 is 15.2 Å². The number of non-ortho nitro benzene ring substituents is 1. The Morgan fingerprint density at radius 1 is 1.30 bits per heavy atom. The summed E-state index contributed by atoms with van der Waals surface area (Å²) >= 11 is 0. The molecule has 0 aromatic heterocycles. The van der Waals surface area contributed by atoms with Crippen molar-refractivity contribution in [3.8, 4) is 5.75 Å². The van der Waals surface area contributed by atoms with Crippen molar-refractivity contribution in [2.24, 2.45) is 0 Å². The first-order valence-corrected chi connectivity index (χ1v) is 6.56. The summed E-state index contributed by atoms with van der Waals surface area (Å²) in [4.78, 5) is 44.1. The molecule has 0 aliphatic rings. The molecule has 0 unspecified atom stereocenters. The SMILES string of the molecule is CCCNC(=O)NC(=O)COC(=O)c1cc(O)cc([N+](=O)[O-])c1. The molecule has 0 saturated heterocycles. The number of carbonyl (C=O) groups is 3. The second-order valence-electron chi connectivity index (χ2n) is 4.38. The lowest BCUT2D eigenvalue weighted by Crippen LogP contribution is -2.41. The van der Waals surface area contributed by atoms with Gasteiger partial charge in [-0.05, 0) is 12.5 Å². The Morgan fingerprint density at radius 3 is 2.61 bits per heavy atom. The number of nitro benzene ring substituents is 1. The van der Waals surface area contributed by atoms with Crippen LogP contribution in [0.1, 0.15) is 23.7 Å². The third kappa shape index (κ3) is 5.99. The van der Waals surface area contributed by atoms with Crippen LogP contribution in [0, 0.1) is 10.1 Å². The highest BCUT2D eigenvalue weighted by Gasteiger charge is 2.17. The lowest BCUT2D eigenvalue weighted by atomic mass is 10.2. The molecule has 0 bridgehead atoms. The molecular weight excluding hydrogens is 310 g/mol. The van der Waals surface area contributed by atoms with E-state index < -0.39 is 40.9 Å². The van der Waals surface area contributed by atoms with E-state index in [9.17, 15) is 29.6 Å². The van der Waals surface area contributed by atoms with Crippen molar-refractivity contribution >= 4 is 23.6 Å². The molecule has 0 saturated carbocycles. The number of benzene rings is 1. The van der Waals surface area contributed by atoms with Gasteiger partial charge in [0.1, 0.15) is 5.75 Å². The number of phenolic OH excluding ortho intramolecular Hbond substituents is 1. The van der Waals surface area contributed by atoms with Gasteiger partial charge in [-0.15, -0.1) is 0 Å². The number of carbonyl (C=O) groups excluding carboxylic acids is 3. The van der Waals surface area contributed by atoms with Gasteiger partial charge in [0.2, 0.25) is 0 Å². The van der Waals surface area contributed by atoms with Crippen molar-refractivity contribution in [3.05, 3.63) is 33.9 Å². The minimum Gasteiger partial charge on any atom is -0.508 e. The van der Waals surface area contributed by atoms with Crippen LogP contribution in [-0.2, 0) is 9.53 Å². The van der Waals surface area contributed by atoms with Crippen LogP contribution in [0.25, 0.3) is 0 Å². The van der Waals surface area contributed by atoms with Crippen molar-refractivity contribution in [2.45, 2.75) is 13.3 Å². The van der Waals surface area contributed by atoms with Gasteiger partial charge in [-0.2, -0.15) is 0 Å². The van der Waals surface area contributed by atoms with E-state index in [2.05, 4.69) is 10.1 Å². The number of ether oxygens (including phenoxy) is 1. The first kappa shape index (κ1) is 17.9. The minimum atomic E-state index is -1.05. The summed E-state index contributed by atoms with van der Waals surface area (Å²) in [7, 11) is 0. The zero-order chi connectivity index (χ0) is 17.4. The number of amides is 3. The standard InChI is InChI=1S/C13H15N3O7/c1-2-3-14-13(20)15-11(18)7-23-12(19)8-4-9(16(21)22)6-10(17)5-8/h4-6,17H,2-3,7H2,1H3,(H2,14,15,18,20). The van der Waals surface area contributed by atoms with Crippen LogP contribution in [0.4, 0.5) is 10.5 Å². The highest BCUT2D eigenvalue weighted by Crippen LogP contribution is 2.22. The molecule has 0 atom stereocenters. The molecule has 0 radical (unpaired) electrons. The van der Waals surface area contributed by atoms with Crippen LogP contribution in [0.2, 0.25) is 0 Å². The number of hydrogen-bond acceptors (Lipinski definition) is 7. The van der Waals surface area contributed by atoms with Crippen LogP contribution >= 0.6 is 0 Å². The molecule has 3 amide bonds. The summed E-state index contributed by atoms with van der Waals surface area (Å²) in [5, 5.41) is 24.3. The van der Waals surface area contributed by atoms with E-state index in [1.54, 1.807) is 0 Å². The third-order valence-corrected chi connectivity index (χ3v) is 2.47. The fourth-order valence-corrected chi connectivity index (χ4v) is 1.48. The van der Waals surface area contributed by atoms with Crippen molar-refractivity contribution in [1.82, 2.24) is 10.6 Å². The van der Waals surface area contributed by atoms with Gasteiger partial charge >= 0.3 is 12.0 Å². The van der Waals surface area contributed by atoms with Gasteiger partial charge in [0, 0.05) is 12.6 Å². The molecule has 3 N–H and O–H groups in total. The summed E-state index contributed by atoms with van der Waals surface area (Å²) in [6, 6.07) is 2.00. The average molecular weight is 325 g/mol. The van der Waals surface area contributed by atoms with E-state index in [-0.39, 0.29) is 5.56 Å². The third-order valence-electron chi connectivity index (χ3n) is 2.47. The maximum atomic E-state index is 11.7. The molecule has 0 aliphatic heterocycles. The molecule has 10 heteroatoms. The monoisotopic (exact) mass is 325 g/mol. The Balaban J connectivity index is 2.58. The Kier molecular flexibility index (Phi) is 6.46. The summed E-state index contributed by atoms with van der Waals surface area (Å²) in [5.74, 6) is -2.40. The maximum Gasteiger partial charge on any atom is 0.339 e. The topological polar surface area (TPSA) is 148 Å². The number of aromatic hydroxyl groups is 1. The molecule has 23 heavy (non-hydrogen) atoms. The van der Waals surface area contributed by atoms with Crippen molar-refractivity contribution < 1.29 is 29.2 Å². The number of esters is 1. The number of imide groups is 1. The lowest BCUT2D eigenvalue weighted by Gasteiger charge is -2.07. The fourth-order valence-electron chi connectivity index (χ4n) is 1.48. The average Bonchev–Trinajstić information content (AvgIpc) is 2.49. The van der Waals surface area contributed by atoms with E-state index in [1.807, 2.05) is 12.2 Å². The second-order valence-corrected chi connectivity index (χ2v) is 4.38. The zero-order valence-corrected chi connectivity index (χ0v) is 12.2. The molecule has 1 aromatic rings. The summed E-state index contributed by atoms with van der Waals surface area (Å²) < 4.78 is 4.62. The van der Waals surface area contributed by atoms with Crippen LogP contribution in [-0.4, -0.2) is 41.1 Å². The molecule has 1 aromatic carbocycles. The normalized spacial score (nSPS) is 9.78. The molecule has 0 heterocycles. The summed E-state index contributed by atoms with van der Waals surface area (Å²) in [6.45, 7) is 1.46. The number of rotatable bonds is 6. The van der Waals surface area contributed by atoms with Gasteiger partial charge in [-0.1, -0.05) is 6.92 Å². The van der Waals surface area contributed by atoms with Crippen molar-refractivity contribution in [1.29, 1.82) is 0 Å². The molecule has 0 fully saturated rings. The first-order valence-electron chi connectivity index (χ1n) is 6.56. The van der Waals surface area contributed by atoms with Crippen molar-refractivity contribution in [3.63, 3.8) is 0 Å². The lowest BCUT2D eigenvalue weighted by molar-refractivity contribution is -0.385. The highest BCUT2D eigenvalue weighted by molar-refractivity contribution is 5.97. The number of hydrogen-bond donors (Lipinski definition) is 3. The Bertz CT molecular complexity index is 630. The Hall–Kier alpha value is -3.17. The Labute approximate surface area is 130 Å². The van der Waals surface area contributed by atoms with E-state index in [0.29, 0.717) is 13.0 Å². The van der Waals surface area contributed by atoms with Gasteiger partial charge in [-0.25, -0.2) is 9.59 Å². The number of nitro groups is 1. The number of nitrogens with zero attached hydrogens (tertiary/aromatic N) is 1. The van der Waals surface area contributed by atoms with E-state index in [4.69, 9.17) is 0 Å². The zero-order valence-electron chi connectivity index (χ0n) is 12.2. The number of phenols is 1. The van der Waals surface area contributed by atoms with E-state index in [0.717, 1.165) is 18.2 Å². The first-order chi connectivity index (χ1) is 10.8. The van der Waals surface area contributed by atoms with E-state index in [1.165, 1.54) is 0 Å². The highest BCUT2D eigenvalue weighted by atomic mass is 16.6. The number of nitrogens with one attached hydrogen (secondary N) is 2. The van der Waals surface area contributed by atoms with Gasteiger partial charge in [0.05, 0.1) is 16.6 Å². The molecule has 0 spiro atoms. The fraction of sp³-hybridized carbons (Fsp3) is 0.308. The molecule has 0 aliphatic carbocycles. The quantitative estimate of drug-likeness (QED) is 0.396.